The Kier molecular flexibility index (Phi) is 8.41. The van der Waals surface area contributed by atoms with E-state index in [0.717, 1.165) is 44.9 Å². The lowest BCUT2D eigenvalue weighted by Crippen LogP contribution is -2.51. The molecule has 0 bridgehead atoms. The van der Waals surface area contributed by atoms with Crippen LogP contribution in [0.1, 0.15) is 85.5 Å². The molecule has 0 spiro atoms. The van der Waals surface area contributed by atoms with Gasteiger partial charge in [0.15, 0.2) is 0 Å². The first-order chi connectivity index (χ1) is 17.1. The van der Waals surface area contributed by atoms with Crippen molar-refractivity contribution in [3.05, 3.63) is 23.8 Å². The molecule has 0 aromatic carbocycles. The molecule has 0 aromatic heterocycles. The maximum absolute atomic E-state index is 11.4. The molecule has 2 N–H and O–H groups in total. The van der Waals surface area contributed by atoms with E-state index < -0.39 is 26.9 Å². The van der Waals surface area contributed by atoms with Crippen molar-refractivity contribution in [3.63, 3.8) is 0 Å². The highest BCUT2D eigenvalue weighted by atomic mass is 32.3. The molecule has 8 nitrogen and oxygen atoms in total. The third kappa shape index (κ3) is 6.35. The lowest BCUT2D eigenvalue weighted by atomic mass is 9.47. The van der Waals surface area contributed by atoms with E-state index in [1.54, 1.807) is 0 Å². The number of hydrogen-bond acceptors (Lipinski definition) is 6. The van der Waals surface area contributed by atoms with Crippen molar-refractivity contribution in [3.8, 4) is 0 Å². The molecule has 4 aliphatic carbocycles. The molecule has 212 valence electrons. The van der Waals surface area contributed by atoms with E-state index in [1.165, 1.54) is 5.57 Å². The summed E-state index contributed by atoms with van der Waals surface area (Å²) >= 11 is 0. The third-order valence-electron chi connectivity index (χ3n) is 10.3. The van der Waals surface area contributed by atoms with Gasteiger partial charge in [0.05, 0.1) is 12.7 Å². The van der Waals surface area contributed by atoms with Crippen LogP contribution < -0.4 is 0 Å². The average Bonchev–Trinajstić information content (AvgIpc) is 3.11. The average molecular weight is 561 g/mol. The second-order valence-corrected chi connectivity index (χ2v) is 14.9. The van der Waals surface area contributed by atoms with Crippen molar-refractivity contribution < 1.29 is 34.3 Å². The summed E-state index contributed by atoms with van der Waals surface area (Å²) in [7, 11) is -8.96. The Bertz CT molecular complexity index is 1110. The van der Waals surface area contributed by atoms with Crippen LogP contribution >= 0.6 is 0 Å². The summed E-state index contributed by atoms with van der Waals surface area (Å²) in [4.78, 5) is 0. The Morgan fingerprint density at radius 3 is 2.41 bits per heavy atom. The van der Waals surface area contributed by atoms with Crippen LogP contribution in [0.4, 0.5) is 0 Å². The van der Waals surface area contributed by atoms with Crippen molar-refractivity contribution in [2.24, 2.45) is 46.3 Å². The van der Waals surface area contributed by atoms with E-state index in [-0.39, 0.29) is 29.3 Å². The van der Waals surface area contributed by atoms with E-state index in [2.05, 4.69) is 45.9 Å². The molecule has 10 heteroatoms. The summed E-state index contributed by atoms with van der Waals surface area (Å²) in [6.45, 7) is 8.96. The lowest BCUT2D eigenvalue weighted by Gasteiger charge is -2.58. The smallest absolute Gasteiger partial charge is 0.264 e. The molecule has 4 rings (SSSR count). The van der Waals surface area contributed by atoms with Crippen LogP contribution in [0.15, 0.2) is 23.8 Å². The summed E-state index contributed by atoms with van der Waals surface area (Å²) in [5.74, 6) is 2.26. The molecular weight excluding hydrogens is 516 g/mol. The molecule has 0 aliphatic heterocycles. The predicted octanol–water partition coefficient (Wildman–Crippen LogP) is 5.79. The highest BCUT2D eigenvalue weighted by Gasteiger charge is 2.59. The van der Waals surface area contributed by atoms with E-state index >= 15 is 0 Å². The van der Waals surface area contributed by atoms with Gasteiger partial charge in [0.1, 0.15) is 0 Å². The molecule has 0 heterocycles. The van der Waals surface area contributed by atoms with Crippen molar-refractivity contribution in [1.82, 2.24) is 0 Å². The molecule has 0 radical (unpaired) electrons. The molecule has 3 fully saturated rings. The molecular formula is C27H44O8S2. The van der Waals surface area contributed by atoms with E-state index in [0.29, 0.717) is 36.5 Å². The van der Waals surface area contributed by atoms with Gasteiger partial charge in [-0.05, 0) is 98.2 Å². The van der Waals surface area contributed by atoms with E-state index in [1.807, 2.05) is 0 Å². The molecule has 0 aromatic rings. The standard InChI is InChI=1S/C27H44O8S2/c1-18(2)6-5-7-19(17-34-36(28,29)30)23-10-11-24-22-9-8-20-16-21(35-37(31,32)33)12-14-26(20,3)25(22)13-15-27(23,24)4/h5,7-8,18-19,21-25H,6,9-17H2,1-4H3,(H,28,29,30)(H,31,32,33)/b7-5+/t19-,21+,22?,23+,24?,25?,26-,27+/m0/s1. The molecule has 3 saturated carbocycles. The minimum absolute atomic E-state index is 0.00601. The molecule has 8 atom stereocenters. The van der Waals surface area contributed by atoms with Crippen molar-refractivity contribution in [1.29, 1.82) is 0 Å². The van der Waals surface area contributed by atoms with Gasteiger partial charge in [0, 0.05) is 5.92 Å². The highest BCUT2D eigenvalue weighted by Crippen LogP contribution is 2.67. The Hall–Kier alpha value is -0.780. The Morgan fingerprint density at radius 1 is 1.03 bits per heavy atom. The van der Waals surface area contributed by atoms with Crippen LogP contribution in [-0.4, -0.2) is 38.7 Å². The Balaban J connectivity index is 1.54. The van der Waals surface area contributed by atoms with Gasteiger partial charge in [-0.2, -0.15) is 16.8 Å². The summed E-state index contributed by atoms with van der Waals surface area (Å²) < 4.78 is 73.6. The van der Waals surface area contributed by atoms with Gasteiger partial charge in [0.2, 0.25) is 0 Å². The fraction of sp³-hybridized carbons (Fsp3) is 0.852. The van der Waals surface area contributed by atoms with Crippen LogP contribution in [0.3, 0.4) is 0 Å². The Labute approximate surface area is 223 Å². The topological polar surface area (TPSA) is 127 Å². The van der Waals surface area contributed by atoms with Gasteiger partial charge >= 0.3 is 20.8 Å². The number of allylic oxidation sites excluding steroid dienone is 2. The zero-order chi connectivity index (χ0) is 27.2. The van der Waals surface area contributed by atoms with Gasteiger partial charge in [-0.3, -0.25) is 9.11 Å². The number of hydrogen-bond donors (Lipinski definition) is 2. The Morgan fingerprint density at radius 2 is 1.76 bits per heavy atom. The quantitative estimate of drug-likeness (QED) is 0.268. The van der Waals surface area contributed by atoms with Crippen LogP contribution in [0.5, 0.6) is 0 Å². The first-order valence-corrected chi connectivity index (χ1v) is 16.5. The summed E-state index contributed by atoms with van der Waals surface area (Å²) in [5, 5.41) is 0. The lowest BCUT2D eigenvalue weighted by molar-refractivity contribution is -0.0558. The maximum Gasteiger partial charge on any atom is 0.397 e. The van der Waals surface area contributed by atoms with Crippen molar-refractivity contribution in [2.45, 2.75) is 91.6 Å². The van der Waals surface area contributed by atoms with Crippen molar-refractivity contribution in [2.75, 3.05) is 6.61 Å². The first kappa shape index (κ1) is 29.2. The summed E-state index contributed by atoms with van der Waals surface area (Å²) in [5.41, 5.74) is 1.33. The zero-order valence-electron chi connectivity index (χ0n) is 22.5. The largest absolute Gasteiger partial charge is 0.397 e. The fourth-order valence-electron chi connectivity index (χ4n) is 8.62. The highest BCUT2D eigenvalue weighted by molar-refractivity contribution is 7.81. The summed E-state index contributed by atoms with van der Waals surface area (Å²) in [6.07, 6.45) is 14.1. The van der Waals surface area contributed by atoms with Crippen molar-refractivity contribution >= 4 is 20.8 Å². The number of rotatable bonds is 9. The maximum atomic E-state index is 11.4. The van der Waals surface area contributed by atoms with Gasteiger partial charge < -0.3 is 0 Å². The predicted molar refractivity (Wildman–Crippen MR) is 141 cm³/mol. The first-order valence-electron chi connectivity index (χ1n) is 13.8. The second kappa shape index (κ2) is 10.7. The van der Waals surface area contributed by atoms with Gasteiger partial charge in [-0.1, -0.05) is 51.5 Å². The molecule has 37 heavy (non-hydrogen) atoms. The molecule has 0 amide bonds. The van der Waals surface area contributed by atoms with E-state index in [9.17, 15) is 21.4 Å². The van der Waals surface area contributed by atoms with E-state index in [4.69, 9.17) is 12.9 Å². The van der Waals surface area contributed by atoms with Gasteiger partial charge in [-0.25, -0.2) is 8.37 Å². The molecule has 0 saturated heterocycles. The van der Waals surface area contributed by atoms with Crippen LogP contribution in [0.25, 0.3) is 0 Å². The van der Waals surface area contributed by atoms with Crippen LogP contribution in [-0.2, 0) is 29.2 Å². The second-order valence-electron chi connectivity index (χ2n) is 12.8. The fourth-order valence-corrected chi connectivity index (χ4v) is 9.46. The molecule has 3 unspecified atom stereocenters. The summed E-state index contributed by atoms with van der Waals surface area (Å²) in [6, 6.07) is 0. The van der Waals surface area contributed by atoms with Crippen LogP contribution in [0, 0.1) is 46.3 Å². The van der Waals surface area contributed by atoms with Gasteiger partial charge in [-0.15, -0.1) is 0 Å². The van der Waals surface area contributed by atoms with Crippen LogP contribution in [0.2, 0.25) is 0 Å². The van der Waals surface area contributed by atoms with Gasteiger partial charge in [0.25, 0.3) is 0 Å². The zero-order valence-corrected chi connectivity index (χ0v) is 24.1. The minimum atomic E-state index is -4.50. The monoisotopic (exact) mass is 560 g/mol. The SMILES string of the molecule is CC(C)C/C=C/[C@@H](COS(=O)(=O)O)[C@H]1CCC2C3CC=C4C[C@H](OS(=O)(=O)O)CC[C@]4(C)C3CC[C@@]21C. The molecule has 4 aliphatic rings. The normalized spacial score (nSPS) is 39.2. The third-order valence-corrected chi connectivity index (χ3v) is 11.3. The minimum Gasteiger partial charge on any atom is -0.264 e. The number of fused-ring (bicyclic) bond motifs is 5.